The highest BCUT2D eigenvalue weighted by molar-refractivity contribution is 8.03. The van der Waals surface area contributed by atoms with Crippen molar-refractivity contribution in [1.29, 1.82) is 0 Å². The van der Waals surface area contributed by atoms with Crippen LogP contribution in [0.1, 0.15) is 102 Å². The van der Waals surface area contributed by atoms with Crippen LogP contribution in [0, 0.1) is 0 Å². The van der Waals surface area contributed by atoms with E-state index in [-0.39, 0.29) is 10.8 Å². The van der Waals surface area contributed by atoms with Crippen LogP contribution in [0.15, 0.2) is 121 Å². The molecule has 308 valence electrons. The van der Waals surface area contributed by atoms with E-state index in [4.69, 9.17) is 0 Å². The lowest BCUT2D eigenvalue weighted by molar-refractivity contribution is 0.466. The number of phenolic OH excluding ortho intramolecular Hbond substituents is 2. The number of nitrogens with zero attached hydrogens (tertiary/aromatic N) is 2. The molecule has 4 nitrogen and oxygen atoms in total. The number of rotatable bonds is 8. The van der Waals surface area contributed by atoms with Crippen molar-refractivity contribution in [3.8, 4) is 22.9 Å². The van der Waals surface area contributed by atoms with Gasteiger partial charge in [-0.25, -0.2) is 0 Å². The van der Waals surface area contributed by atoms with Gasteiger partial charge in [0, 0.05) is 54.7 Å². The van der Waals surface area contributed by atoms with Crippen molar-refractivity contribution in [2.24, 2.45) is 0 Å². The number of fused-ring (bicyclic) bond motifs is 6. The summed E-state index contributed by atoms with van der Waals surface area (Å²) in [5.41, 5.74) is 10.4. The van der Waals surface area contributed by atoms with Gasteiger partial charge in [0.2, 0.25) is 0 Å². The molecule has 1 saturated carbocycles. The average molecular weight is 831 g/mol. The number of hydrogen-bond acceptors (Lipinski definition) is 4. The maximum absolute atomic E-state index is 12.3. The van der Waals surface area contributed by atoms with Crippen molar-refractivity contribution in [3.05, 3.63) is 144 Å². The predicted molar refractivity (Wildman–Crippen MR) is 260 cm³/mol. The standard InChI is InChI=1S/C54H58N2O2S2/c1-53(2,3)37-29-35(51(57)47(31-37)55-43-23-15-11-19-39(43)40-20-12-16-24-44(40)55)33-59-49-27-9-7-8-10-28-50(49)60-34-36-30-38(54(4,5)6)32-48(52(36)58)56-45-25-17-13-21-41(45)42-22-14-18-26-46(42)56/h11-26,29-32,49-50,57-58H,7-10,27-28,33-34H2,1-6H3/t49-,50?/m0/s1. The molecule has 0 spiro atoms. The molecule has 9 rings (SSSR count). The molecule has 0 bridgehead atoms. The number of benzene rings is 6. The van der Waals surface area contributed by atoms with Gasteiger partial charge in [-0.05, 0) is 71.2 Å². The van der Waals surface area contributed by atoms with E-state index in [9.17, 15) is 10.2 Å². The fourth-order valence-corrected chi connectivity index (χ4v) is 12.4. The van der Waals surface area contributed by atoms with Crippen LogP contribution < -0.4 is 0 Å². The third-order valence-corrected chi connectivity index (χ3v) is 15.9. The molecule has 2 N–H and O–H groups in total. The van der Waals surface area contributed by atoms with Crippen molar-refractivity contribution in [3.63, 3.8) is 0 Å². The molecule has 1 aliphatic carbocycles. The lowest BCUT2D eigenvalue weighted by Crippen LogP contribution is -2.22. The average Bonchev–Trinajstić information content (AvgIpc) is 3.73. The summed E-state index contributed by atoms with van der Waals surface area (Å²) in [6.45, 7) is 13.6. The first kappa shape index (κ1) is 40.6. The molecule has 1 unspecified atom stereocenters. The Morgan fingerprint density at radius 3 is 1.10 bits per heavy atom. The van der Waals surface area contributed by atoms with Crippen LogP contribution >= 0.6 is 23.5 Å². The minimum absolute atomic E-state index is 0.0963. The second kappa shape index (κ2) is 16.2. The van der Waals surface area contributed by atoms with Gasteiger partial charge in [-0.1, -0.05) is 152 Å². The lowest BCUT2D eigenvalue weighted by atomic mass is 9.85. The summed E-state index contributed by atoms with van der Waals surface area (Å²) >= 11 is 4.04. The molecule has 0 amide bonds. The smallest absolute Gasteiger partial charge is 0.143 e. The molecule has 0 saturated heterocycles. The maximum atomic E-state index is 12.3. The molecule has 2 aromatic heterocycles. The van der Waals surface area contributed by atoms with E-state index >= 15 is 0 Å². The third-order valence-electron chi connectivity index (χ3n) is 12.8. The molecule has 6 heteroatoms. The minimum Gasteiger partial charge on any atom is -0.505 e. The Kier molecular flexibility index (Phi) is 11.0. The van der Waals surface area contributed by atoms with Crippen molar-refractivity contribution < 1.29 is 10.2 Å². The monoisotopic (exact) mass is 830 g/mol. The van der Waals surface area contributed by atoms with E-state index in [1.807, 2.05) is 23.5 Å². The van der Waals surface area contributed by atoms with Gasteiger partial charge in [0.15, 0.2) is 0 Å². The molecular formula is C54H58N2O2S2. The van der Waals surface area contributed by atoms with Gasteiger partial charge < -0.3 is 19.3 Å². The van der Waals surface area contributed by atoms with Gasteiger partial charge in [0.05, 0.1) is 33.4 Å². The van der Waals surface area contributed by atoms with Crippen LogP contribution in [0.3, 0.4) is 0 Å². The first-order valence-corrected chi connectivity index (χ1v) is 23.9. The van der Waals surface area contributed by atoms with Gasteiger partial charge in [-0.15, -0.1) is 0 Å². The second-order valence-electron chi connectivity index (χ2n) is 18.9. The molecule has 2 heterocycles. The van der Waals surface area contributed by atoms with E-state index < -0.39 is 0 Å². The molecule has 0 aliphatic heterocycles. The van der Waals surface area contributed by atoms with Gasteiger partial charge in [0.1, 0.15) is 11.5 Å². The van der Waals surface area contributed by atoms with Crippen LogP contribution in [0.5, 0.6) is 11.5 Å². The highest BCUT2D eigenvalue weighted by atomic mass is 32.2. The summed E-state index contributed by atoms with van der Waals surface area (Å²) in [4.78, 5) is 0. The summed E-state index contributed by atoms with van der Waals surface area (Å²) < 4.78 is 4.54. The first-order valence-electron chi connectivity index (χ1n) is 21.8. The molecule has 6 aromatic carbocycles. The largest absolute Gasteiger partial charge is 0.505 e. The van der Waals surface area contributed by atoms with Crippen LogP contribution in [-0.2, 0) is 22.3 Å². The third kappa shape index (κ3) is 7.60. The fraction of sp³-hybridized carbons (Fsp3) is 0.333. The van der Waals surface area contributed by atoms with Crippen molar-refractivity contribution in [2.45, 2.75) is 113 Å². The Morgan fingerprint density at radius 2 is 0.783 bits per heavy atom. The number of aromatic nitrogens is 2. The van der Waals surface area contributed by atoms with Crippen LogP contribution in [0.2, 0.25) is 0 Å². The Bertz CT molecular complexity index is 2550. The molecule has 1 aliphatic rings. The van der Waals surface area contributed by atoms with Crippen molar-refractivity contribution >= 4 is 67.1 Å². The van der Waals surface area contributed by atoms with E-state index in [2.05, 4.69) is 172 Å². The number of thioether (sulfide) groups is 2. The Labute approximate surface area is 364 Å². The van der Waals surface area contributed by atoms with Crippen LogP contribution in [0.4, 0.5) is 0 Å². The Balaban J connectivity index is 1.05. The summed E-state index contributed by atoms with van der Waals surface area (Å²) in [6, 6.07) is 43.1. The van der Waals surface area contributed by atoms with Gasteiger partial charge in [-0.3, -0.25) is 0 Å². The highest BCUT2D eigenvalue weighted by Crippen LogP contribution is 2.45. The van der Waals surface area contributed by atoms with E-state index in [0.29, 0.717) is 22.0 Å². The summed E-state index contributed by atoms with van der Waals surface area (Å²) in [7, 11) is 0. The molecule has 2 atom stereocenters. The zero-order chi connectivity index (χ0) is 41.8. The SMILES string of the molecule is CC(C)(C)c1cc(CSC2CCCCCC[C@@H]2SCc2cc(C(C)(C)C)cc(-n3c4ccccc4c4ccccc43)c2O)c(O)c(-n2c3ccccc3c3ccccc32)c1. The number of hydrogen-bond donors (Lipinski definition) is 2. The quantitative estimate of drug-likeness (QED) is 0.160. The first-order chi connectivity index (χ1) is 28.9. The van der Waals surface area contributed by atoms with E-state index in [1.165, 1.54) is 58.4 Å². The molecule has 60 heavy (non-hydrogen) atoms. The zero-order valence-corrected chi connectivity index (χ0v) is 37.6. The maximum Gasteiger partial charge on any atom is 0.143 e. The molecule has 8 aromatic rings. The van der Waals surface area contributed by atoms with Gasteiger partial charge in [0.25, 0.3) is 0 Å². The summed E-state index contributed by atoms with van der Waals surface area (Å²) in [5.74, 6) is 2.23. The summed E-state index contributed by atoms with van der Waals surface area (Å²) in [6.07, 6.45) is 7.29. The van der Waals surface area contributed by atoms with E-state index in [1.54, 1.807) is 0 Å². The topological polar surface area (TPSA) is 50.3 Å². The number of aromatic hydroxyl groups is 2. The minimum atomic E-state index is -0.0963. The predicted octanol–water partition coefficient (Wildman–Crippen LogP) is 15.1. The number of para-hydroxylation sites is 4. The normalized spacial score (nSPS) is 16.8. The fourth-order valence-electron chi connectivity index (χ4n) is 9.34. The van der Waals surface area contributed by atoms with Crippen LogP contribution in [0.25, 0.3) is 55.0 Å². The molecular weight excluding hydrogens is 773 g/mol. The van der Waals surface area contributed by atoms with Crippen LogP contribution in [-0.4, -0.2) is 29.8 Å². The second-order valence-corrected chi connectivity index (χ2v) is 21.4. The van der Waals surface area contributed by atoms with Crippen molar-refractivity contribution in [1.82, 2.24) is 9.13 Å². The highest BCUT2D eigenvalue weighted by Gasteiger charge is 2.28. The lowest BCUT2D eigenvalue weighted by Gasteiger charge is -2.30. The summed E-state index contributed by atoms with van der Waals surface area (Å²) in [5, 5.41) is 30.2. The Morgan fingerprint density at radius 1 is 0.467 bits per heavy atom. The number of phenols is 2. The van der Waals surface area contributed by atoms with E-state index in [0.717, 1.165) is 68.9 Å². The molecule has 1 fully saturated rings. The van der Waals surface area contributed by atoms with Gasteiger partial charge >= 0.3 is 0 Å². The molecule has 0 radical (unpaired) electrons. The zero-order valence-electron chi connectivity index (χ0n) is 36.0. The Hall–Kier alpha value is -4.78. The van der Waals surface area contributed by atoms with Crippen molar-refractivity contribution in [2.75, 3.05) is 0 Å². The van der Waals surface area contributed by atoms with Gasteiger partial charge in [-0.2, -0.15) is 23.5 Å².